The Morgan fingerprint density at radius 2 is 1.26 bits per heavy atom. The predicted octanol–water partition coefficient (Wildman–Crippen LogP) is 8.61. The van der Waals surface area contributed by atoms with E-state index in [2.05, 4.69) is 26.3 Å². The van der Waals surface area contributed by atoms with Gasteiger partial charge in [0.1, 0.15) is 18.7 Å². The SMILES string of the molecule is CC=CC1=CN2C(=O)c3cc(OC)c(OCCCOc4cc5c(cc4OC)C(=O)N4C=C(C=CC)CC4C(O)N5C(=O)OCc4ccc(NC(=O)C(C)NC(=O)C(NC(=O)CCOCCOCCOCCOCCNC(=O)CC5CCCCCC5)C(C)C)cc4)cc3N=CC2C1. The van der Waals surface area contributed by atoms with Crippen LogP contribution in [0.1, 0.15) is 132 Å². The lowest BCUT2D eigenvalue weighted by Crippen LogP contribution is -2.53. The summed E-state index contributed by atoms with van der Waals surface area (Å²) in [5.74, 6) is -0.768. The van der Waals surface area contributed by atoms with Crippen LogP contribution >= 0.6 is 0 Å². The first-order valence-electron chi connectivity index (χ1n) is 33.3. The number of carbonyl (C=O) groups excluding carboxylic acids is 7. The molecule has 96 heavy (non-hydrogen) atoms. The molecule has 1 saturated carbocycles. The van der Waals surface area contributed by atoms with Crippen LogP contribution in [0.3, 0.4) is 0 Å². The summed E-state index contributed by atoms with van der Waals surface area (Å²) in [5.41, 5.74) is 3.60. The van der Waals surface area contributed by atoms with Crippen LogP contribution in [0, 0.1) is 11.8 Å². The third-order valence-electron chi connectivity index (χ3n) is 16.9. The molecule has 4 aliphatic heterocycles. The van der Waals surface area contributed by atoms with Gasteiger partial charge in [0.25, 0.3) is 11.8 Å². The second-order valence-corrected chi connectivity index (χ2v) is 24.4. The van der Waals surface area contributed by atoms with Gasteiger partial charge in [-0.05, 0) is 99.3 Å². The van der Waals surface area contributed by atoms with Gasteiger partial charge in [0.05, 0.1) is 115 Å². The van der Waals surface area contributed by atoms with Gasteiger partial charge >= 0.3 is 6.09 Å². The molecule has 3 aromatic carbocycles. The van der Waals surface area contributed by atoms with E-state index in [1.54, 1.807) is 67.6 Å². The fourth-order valence-corrected chi connectivity index (χ4v) is 11.8. The summed E-state index contributed by atoms with van der Waals surface area (Å²) in [6.45, 7) is 11.9. The van der Waals surface area contributed by atoms with Crippen molar-refractivity contribution in [3.8, 4) is 23.0 Å². The number of aliphatic hydroxyl groups excluding tert-OH is 1. The van der Waals surface area contributed by atoms with Gasteiger partial charge in [0.2, 0.25) is 23.6 Å². The molecule has 5 aliphatic rings. The number of benzene rings is 3. The van der Waals surface area contributed by atoms with Gasteiger partial charge in [-0.15, -0.1) is 0 Å². The van der Waals surface area contributed by atoms with Crippen molar-refractivity contribution in [2.75, 3.05) is 97.0 Å². The quantitative estimate of drug-likeness (QED) is 0.0272. The fraction of sp³-hybridized carbons (Fsp3) is 0.521. The Hall–Kier alpha value is -8.62. The minimum atomic E-state index is -1.57. The van der Waals surface area contributed by atoms with E-state index in [0.29, 0.717) is 105 Å². The van der Waals surface area contributed by atoms with Crippen LogP contribution in [0.4, 0.5) is 21.9 Å². The molecular formula is C71H94N8O17. The number of methoxy groups -OCH3 is 2. The van der Waals surface area contributed by atoms with Crippen molar-refractivity contribution in [3.63, 3.8) is 0 Å². The van der Waals surface area contributed by atoms with Gasteiger partial charge in [-0.3, -0.25) is 33.8 Å². The summed E-state index contributed by atoms with van der Waals surface area (Å²) < 4.78 is 51.8. The van der Waals surface area contributed by atoms with Gasteiger partial charge in [0, 0.05) is 62.2 Å². The summed E-state index contributed by atoms with van der Waals surface area (Å²) in [7, 11) is 2.92. The monoisotopic (exact) mass is 1330 g/mol. The zero-order chi connectivity index (χ0) is 68.5. The summed E-state index contributed by atoms with van der Waals surface area (Å²) in [5, 5.41) is 23.3. The van der Waals surface area contributed by atoms with E-state index in [1.807, 2.05) is 44.4 Å². The highest BCUT2D eigenvalue weighted by molar-refractivity contribution is 6.07. The van der Waals surface area contributed by atoms with Crippen molar-refractivity contribution in [1.82, 2.24) is 25.8 Å². The average molecular weight is 1330 g/mol. The number of aliphatic imine (C=N–C) groups is 1. The van der Waals surface area contributed by atoms with Gasteiger partial charge in [-0.2, -0.15) is 0 Å². The molecule has 3 aromatic rings. The highest BCUT2D eigenvalue weighted by atomic mass is 16.6. The number of fused-ring (bicyclic) bond motifs is 4. The maximum absolute atomic E-state index is 14.4. The van der Waals surface area contributed by atoms with Crippen LogP contribution < -0.4 is 45.1 Å². The van der Waals surface area contributed by atoms with Crippen molar-refractivity contribution in [2.45, 2.75) is 142 Å². The van der Waals surface area contributed by atoms with E-state index in [9.17, 15) is 38.7 Å². The van der Waals surface area contributed by atoms with Gasteiger partial charge in [0.15, 0.2) is 29.2 Å². The molecule has 4 heterocycles. The number of nitrogens with zero attached hydrogens (tertiary/aromatic N) is 4. The Morgan fingerprint density at radius 3 is 1.90 bits per heavy atom. The number of carbonyl (C=O) groups is 7. The normalized spacial score (nSPS) is 18.3. The molecular weight excluding hydrogens is 1240 g/mol. The van der Waals surface area contributed by atoms with Crippen molar-refractivity contribution in [1.29, 1.82) is 0 Å². The molecule has 5 N–H and O–H groups in total. The van der Waals surface area contributed by atoms with E-state index in [0.717, 1.165) is 28.9 Å². The predicted molar refractivity (Wildman–Crippen MR) is 360 cm³/mol. The standard InChI is InChI=1S/C71H94N8O17/c1-8-15-50-35-53-42-73-56-40-61(59(88-6)38-54(56)68(84)77(53)43-50)94-25-14-26-95-62-41-57-55(39-60(62)89-7)69(85)78-44-51(16-9-2)36-58(78)70(86)79(57)71(87)96-45-49-19-21-52(22-20-49)75-66(82)47(5)74-67(83)65(46(3)4)76-63(80)23-27-90-29-31-92-33-34-93-32-30-91-28-24-72-64(81)37-48-17-12-10-11-13-18-48/h8-9,15-16,19-22,38-44,46-48,53,58,65,70,86H,10-14,17-18,23-37,45H2,1-7H3,(H,72,81)(H,74,83)(H,75,82)(H,76,80). The first kappa shape index (κ1) is 73.2. The fourth-order valence-electron chi connectivity index (χ4n) is 11.8. The Morgan fingerprint density at radius 1 is 0.667 bits per heavy atom. The number of hydrogen-bond donors (Lipinski definition) is 5. The number of hydrogen-bond acceptors (Lipinski definition) is 18. The molecule has 25 heteroatoms. The van der Waals surface area contributed by atoms with Crippen LogP contribution in [-0.2, 0) is 49.5 Å². The maximum Gasteiger partial charge on any atom is 0.416 e. The van der Waals surface area contributed by atoms with Crippen molar-refractivity contribution >= 4 is 64.8 Å². The first-order valence-corrected chi connectivity index (χ1v) is 33.3. The van der Waals surface area contributed by atoms with Gasteiger partial charge in [-0.25, -0.2) is 9.69 Å². The summed E-state index contributed by atoms with van der Waals surface area (Å²) >= 11 is 0. The number of amides is 7. The molecule has 0 bridgehead atoms. The van der Waals surface area contributed by atoms with Crippen molar-refractivity contribution in [3.05, 3.63) is 113 Å². The zero-order valence-corrected chi connectivity index (χ0v) is 56.2. The van der Waals surface area contributed by atoms with Crippen molar-refractivity contribution < 1.29 is 81.3 Å². The molecule has 0 aromatic heterocycles. The van der Waals surface area contributed by atoms with E-state index < -0.39 is 54.1 Å². The first-order chi connectivity index (χ1) is 46.5. The minimum absolute atomic E-state index is 0.000222. The zero-order valence-electron chi connectivity index (χ0n) is 56.2. The third kappa shape index (κ3) is 20.5. The molecule has 25 nitrogen and oxygen atoms in total. The number of allylic oxidation sites excluding steroid dienone is 4. The Labute approximate surface area is 561 Å². The number of nitrogens with one attached hydrogen (secondary N) is 4. The molecule has 1 aliphatic carbocycles. The van der Waals surface area contributed by atoms with Crippen molar-refractivity contribution in [2.24, 2.45) is 16.8 Å². The van der Waals surface area contributed by atoms with Crippen LogP contribution in [0.5, 0.6) is 23.0 Å². The summed E-state index contributed by atoms with van der Waals surface area (Å²) in [6, 6.07) is 9.68. The lowest BCUT2D eigenvalue weighted by atomic mass is 9.96. The summed E-state index contributed by atoms with van der Waals surface area (Å²) in [4.78, 5) is 103. The van der Waals surface area contributed by atoms with E-state index >= 15 is 0 Å². The number of ether oxygens (including phenoxy) is 9. The van der Waals surface area contributed by atoms with Gasteiger partial charge in [-0.1, -0.05) is 76.0 Å². The maximum atomic E-state index is 14.4. The van der Waals surface area contributed by atoms with E-state index in [-0.39, 0.29) is 92.4 Å². The topological polar surface area (TPSA) is 293 Å². The largest absolute Gasteiger partial charge is 0.493 e. The molecule has 7 amide bonds. The van der Waals surface area contributed by atoms with Crippen LogP contribution in [0.15, 0.2) is 101 Å². The number of aliphatic hydroxyl groups is 1. The summed E-state index contributed by atoms with van der Waals surface area (Å²) in [6.07, 6.45) is 19.4. The minimum Gasteiger partial charge on any atom is -0.493 e. The molecule has 5 unspecified atom stereocenters. The highest BCUT2D eigenvalue weighted by Gasteiger charge is 2.46. The molecule has 520 valence electrons. The van der Waals surface area contributed by atoms with E-state index in [4.69, 9.17) is 42.6 Å². The van der Waals surface area contributed by atoms with Crippen LogP contribution in [-0.4, -0.2) is 180 Å². The average Bonchev–Trinajstić information content (AvgIpc) is 1.59. The Balaban J connectivity index is 0.763. The molecule has 0 spiro atoms. The molecule has 1 fully saturated rings. The Kier molecular flexibility index (Phi) is 28.2. The highest BCUT2D eigenvalue weighted by Crippen LogP contribution is 2.43. The molecule has 8 rings (SSSR count). The Bertz CT molecular complexity index is 3320. The van der Waals surface area contributed by atoms with Crippen LogP contribution in [0.2, 0.25) is 0 Å². The lowest BCUT2D eigenvalue weighted by Gasteiger charge is -2.31. The second kappa shape index (κ2) is 37.0. The van der Waals surface area contributed by atoms with Crippen LogP contribution in [0.25, 0.3) is 0 Å². The molecule has 5 atom stereocenters. The number of anilines is 2. The smallest absolute Gasteiger partial charge is 0.416 e. The molecule has 0 radical (unpaired) electrons. The third-order valence-corrected chi connectivity index (χ3v) is 16.9. The number of rotatable bonds is 35. The second-order valence-electron chi connectivity index (χ2n) is 24.4. The van der Waals surface area contributed by atoms with Gasteiger partial charge < -0.3 is 78.8 Å². The van der Waals surface area contributed by atoms with E-state index in [1.165, 1.54) is 63.9 Å². The lowest BCUT2D eigenvalue weighted by molar-refractivity contribution is -0.132. The molecule has 0 saturated heterocycles.